The number of alkyl halides is 3. The summed E-state index contributed by atoms with van der Waals surface area (Å²) in [4.78, 5) is 2.41. The molecule has 1 saturated heterocycles. The summed E-state index contributed by atoms with van der Waals surface area (Å²) in [5.41, 5.74) is 0.725. The molecule has 2 unspecified atom stereocenters. The number of fused-ring (bicyclic) bond motifs is 1. The normalized spacial score (nSPS) is 30.9. The van der Waals surface area contributed by atoms with Crippen LogP contribution in [0.2, 0.25) is 0 Å². The van der Waals surface area contributed by atoms with Gasteiger partial charge in [-0.25, -0.2) is 4.68 Å². The van der Waals surface area contributed by atoms with Crippen LogP contribution in [0.15, 0.2) is 6.20 Å². The van der Waals surface area contributed by atoms with Crippen molar-refractivity contribution in [3.8, 4) is 0 Å². The number of likely N-dealkylation sites (tertiary alicyclic amines) is 1. The van der Waals surface area contributed by atoms with E-state index in [1.807, 2.05) is 0 Å². The lowest BCUT2D eigenvalue weighted by atomic mass is 10.2. The number of halogens is 3. The smallest absolute Gasteiger partial charge is 0.300 e. The molecule has 1 aliphatic carbocycles. The lowest BCUT2D eigenvalue weighted by molar-refractivity contribution is -0.142. The Labute approximate surface area is 109 Å². The molecule has 2 aliphatic rings. The minimum atomic E-state index is -4.24. The van der Waals surface area contributed by atoms with Gasteiger partial charge < -0.3 is 4.90 Å². The Balaban J connectivity index is 1.62. The van der Waals surface area contributed by atoms with Crippen LogP contribution in [0.5, 0.6) is 0 Å². The highest BCUT2D eigenvalue weighted by Gasteiger charge is 2.57. The second kappa shape index (κ2) is 4.19. The fourth-order valence-electron chi connectivity index (χ4n) is 3.15. The zero-order valence-corrected chi connectivity index (χ0v) is 10.9. The molecular weight excluding hydrogens is 257 g/mol. The molecule has 7 heteroatoms. The molecule has 0 amide bonds. The molecule has 2 heterocycles. The lowest BCUT2D eigenvalue weighted by Crippen LogP contribution is -2.31. The van der Waals surface area contributed by atoms with E-state index in [1.165, 1.54) is 6.20 Å². The van der Waals surface area contributed by atoms with E-state index in [4.69, 9.17) is 0 Å². The summed E-state index contributed by atoms with van der Waals surface area (Å²) >= 11 is 0. The average Bonchev–Trinajstić information content (AvgIpc) is 2.67. The van der Waals surface area contributed by atoms with Crippen molar-refractivity contribution in [2.75, 3.05) is 13.1 Å². The predicted molar refractivity (Wildman–Crippen MR) is 62.5 cm³/mol. The quantitative estimate of drug-likeness (QED) is 0.844. The van der Waals surface area contributed by atoms with E-state index in [0.29, 0.717) is 23.8 Å². The summed E-state index contributed by atoms with van der Waals surface area (Å²) in [5, 5.41) is 7.49. The third-order valence-electron chi connectivity index (χ3n) is 4.19. The molecule has 2 atom stereocenters. The molecule has 19 heavy (non-hydrogen) atoms. The second-order valence-corrected chi connectivity index (χ2v) is 5.86. The van der Waals surface area contributed by atoms with E-state index in [-0.39, 0.29) is 0 Å². The molecule has 2 fully saturated rings. The molecule has 106 valence electrons. The third-order valence-corrected chi connectivity index (χ3v) is 4.19. The van der Waals surface area contributed by atoms with Crippen molar-refractivity contribution >= 4 is 0 Å². The minimum absolute atomic E-state index is 0.317. The molecule has 1 aromatic rings. The maximum Gasteiger partial charge on any atom is 0.408 e. The highest BCUT2D eigenvalue weighted by atomic mass is 19.4. The predicted octanol–water partition coefficient (Wildman–Crippen LogP) is 1.89. The fourth-order valence-corrected chi connectivity index (χ4v) is 3.15. The van der Waals surface area contributed by atoms with Crippen LogP contribution >= 0.6 is 0 Å². The van der Waals surface area contributed by atoms with Crippen molar-refractivity contribution in [2.24, 2.45) is 11.8 Å². The van der Waals surface area contributed by atoms with E-state index in [0.717, 1.165) is 23.5 Å². The van der Waals surface area contributed by atoms with E-state index in [9.17, 15) is 13.2 Å². The monoisotopic (exact) mass is 274 g/mol. The van der Waals surface area contributed by atoms with Gasteiger partial charge in [-0.1, -0.05) is 5.21 Å². The minimum Gasteiger partial charge on any atom is -0.300 e. The Hall–Kier alpha value is -1.11. The average molecular weight is 274 g/mol. The first-order valence-electron chi connectivity index (χ1n) is 6.56. The SMILES string of the molecule is CC(C)N1CC2C(C1)C2c1cn(CC(F)(F)F)nn1. The summed E-state index contributed by atoms with van der Waals surface area (Å²) in [6.45, 7) is 5.33. The fraction of sp³-hybridized carbons (Fsp3) is 0.833. The summed E-state index contributed by atoms with van der Waals surface area (Å²) in [6, 6.07) is 0.536. The van der Waals surface area contributed by atoms with Crippen LogP contribution in [-0.4, -0.2) is 45.2 Å². The third kappa shape index (κ3) is 2.48. The van der Waals surface area contributed by atoms with Gasteiger partial charge in [-0.2, -0.15) is 13.2 Å². The van der Waals surface area contributed by atoms with Crippen molar-refractivity contribution in [3.05, 3.63) is 11.9 Å². The van der Waals surface area contributed by atoms with Crippen LogP contribution in [-0.2, 0) is 6.54 Å². The summed E-state index contributed by atoms with van der Waals surface area (Å²) in [6.07, 6.45) is -2.78. The van der Waals surface area contributed by atoms with Gasteiger partial charge >= 0.3 is 6.18 Å². The van der Waals surface area contributed by atoms with Crippen LogP contribution in [0, 0.1) is 11.8 Å². The number of hydrogen-bond acceptors (Lipinski definition) is 3. The van der Waals surface area contributed by atoms with Crippen LogP contribution in [0.1, 0.15) is 25.5 Å². The van der Waals surface area contributed by atoms with Crippen molar-refractivity contribution in [1.82, 2.24) is 19.9 Å². The largest absolute Gasteiger partial charge is 0.408 e. The molecule has 4 nitrogen and oxygen atoms in total. The van der Waals surface area contributed by atoms with Gasteiger partial charge in [0.05, 0.1) is 5.69 Å². The van der Waals surface area contributed by atoms with Gasteiger partial charge in [-0.05, 0) is 25.7 Å². The highest BCUT2D eigenvalue weighted by Crippen LogP contribution is 2.57. The number of rotatable bonds is 3. The summed E-state index contributed by atoms with van der Waals surface area (Å²) < 4.78 is 37.6. The first kappa shape index (κ1) is 12.9. The molecule has 0 spiro atoms. The number of aromatic nitrogens is 3. The topological polar surface area (TPSA) is 34.0 Å². The van der Waals surface area contributed by atoms with Crippen LogP contribution in [0.25, 0.3) is 0 Å². The number of nitrogens with zero attached hydrogens (tertiary/aromatic N) is 4. The van der Waals surface area contributed by atoms with Gasteiger partial charge in [0.1, 0.15) is 6.54 Å². The van der Waals surface area contributed by atoms with Crippen molar-refractivity contribution < 1.29 is 13.2 Å². The van der Waals surface area contributed by atoms with Crippen molar-refractivity contribution in [2.45, 2.75) is 38.5 Å². The molecule has 1 saturated carbocycles. The van der Waals surface area contributed by atoms with Gasteiger partial charge in [0.2, 0.25) is 0 Å². The van der Waals surface area contributed by atoms with E-state index in [1.54, 1.807) is 0 Å². The molecule has 1 aromatic heterocycles. The first-order chi connectivity index (χ1) is 8.85. The lowest BCUT2D eigenvalue weighted by Gasteiger charge is -2.22. The molecule has 0 N–H and O–H groups in total. The molecule has 3 rings (SSSR count). The number of piperidine rings is 1. The zero-order chi connectivity index (χ0) is 13.8. The first-order valence-corrected chi connectivity index (χ1v) is 6.56. The Morgan fingerprint density at radius 2 is 1.95 bits per heavy atom. The molecule has 1 aliphatic heterocycles. The second-order valence-electron chi connectivity index (χ2n) is 5.86. The van der Waals surface area contributed by atoms with E-state index in [2.05, 4.69) is 29.1 Å². The molecule has 0 bridgehead atoms. The van der Waals surface area contributed by atoms with E-state index < -0.39 is 12.7 Å². The van der Waals surface area contributed by atoms with Gasteiger partial charge in [0.25, 0.3) is 0 Å². The maximum atomic E-state index is 12.2. The van der Waals surface area contributed by atoms with Crippen LogP contribution < -0.4 is 0 Å². The summed E-state index contributed by atoms with van der Waals surface area (Å²) in [5.74, 6) is 1.42. The molecule has 0 radical (unpaired) electrons. The molecular formula is C12H17F3N4. The Bertz CT molecular complexity index is 456. The van der Waals surface area contributed by atoms with Gasteiger partial charge in [0.15, 0.2) is 0 Å². The zero-order valence-electron chi connectivity index (χ0n) is 10.9. The summed E-state index contributed by atoms with van der Waals surface area (Å²) in [7, 11) is 0. The highest BCUT2D eigenvalue weighted by molar-refractivity contribution is 5.22. The maximum absolute atomic E-state index is 12.2. The Morgan fingerprint density at radius 1 is 1.32 bits per heavy atom. The Morgan fingerprint density at radius 3 is 2.47 bits per heavy atom. The van der Waals surface area contributed by atoms with Crippen molar-refractivity contribution in [3.63, 3.8) is 0 Å². The van der Waals surface area contributed by atoms with Gasteiger partial charge in [0, 0.05) is 31.2 Å². The van der Waals surface area contributed by atoms with Crippen LogP contribution in [0.3, 0.4) is 0 Å². The van der Waals surface area contributed by atoms with Crippen LogP contribution in [0.4, 0.5) is 13.2 Å². The standard InChI is InChI=1S/C12H17F3N4/c1-7(2)18-3-8-9(4-18)11(8)10-5-19(17-16-10)6-12(13,14)15/h5,7-9,11H,3-4,6H2,1-2H3. The van der Waals surface area contributed by atoms with Crippen molar-refractivity contribution in [1.29, 1.82) is 0 Å². The van der Waals surface area contributed by atoms with Gasteiger partial charge in [-0.15, -0.1) is 5.10 Å². The molecule has 0 aromatic carbocycles. The Kier molecular flexibility index (Phi) is 2.85. The number of hydrogen-bond donors (Lipinski definition) is 0. The van der Waals surface area contributed by atoms with E-state index >= 15 is 0 Å². The van der Waals surface area contributed by atoms with Gasteiger partial charge in [-0.3, -0.25) is 0 Å².